The van der Waals surface area contributed by atoms with Gasteiger partial charge in [0.2, 0.25) is 5.91 Å². The smallest absolute Gasteiger partial charge is 0.230 e. The van der Waals surface area contributed by atoms with Crippen LogP contribution >= 0.6 is 0 Å². The summed E-state index contributed by atoms with van der Waals surface area (Å²) in [6, 6.07) is 2.50. The Bertz CT molecular complexity index is 1300. The van der Waals surface area contributed by atoms with Gasteiger partial charge in [0.15, 0.2) is 23.0 Å². The minimum absolute atomic E-state index is 0.00549. The third-order valence-electron chi connectivity index (χ3n) is 11.2. The Balaban J connectivity index is 1.58. The highest BCUT2D eigenvalue weighted by Gasteiger charge is 2.72. The van der Waals surface area contributed by atoms with Gasteiger partial charge in [0.05, 0.1) is 23.7 Å². The highest BCUT2D eigenvalue weighted by Crippen LogP contribution is 2.53. The first-order valence-corrected chi connectivity index (χ1v) is 15.8. The van der Waals surface area contributed by atoms with Gasteiger partial charge in [-0.25, -0.2) is 0 Å². The second-order valence-electron chi connectivity index (χ2n) is 13.9. The molecule has 1 aromatic rings. The van der Waals surface area contributed by atoms with Gasteiger partial charge in [0.1, 0.15) is 11.7 Å². The fourth-order valence-corrected chi connectivity index (χ4v) is 8.88. The minimum Gasteiger partial charge on any atom is -0.507 e. The van der Waals surface area contributed by atoms with Crippen molar-refractivity contribution in [3.63, 3.8) is 0 Å². The monoisotopic (exact) mass is 598 g/mol. The first-order valence-electron chi connectivity index (χ1n) is 15.8. The van der Waals surface area contributed by atoms with Crippen molar-refractivity contribution in [3.8, 4) is 5.75 Å². The number of aliphatic hydroxyl groups excluding tert-OH is 2. The zero-order valence-electron chi connectivity index (χ0n) is 25.5. The van der Waals surface area contributed by atoms with Crippen LogP contribution in [0, 0.1) is 35.5 Å². The summed E-state index contributed by atoms with van der Waals surface area (Å²) in [7, 11) is 3.07. The maximum Gasteiger partial charge on any atom is 0.230 e. The van der Waals surface area contributed by atoms with Gasteiger partial charge in [-0.15, -0.1) is 0 Å². The lowest BCUT2D eigenvalue weighted by atomic mass is 9.50. The first-order chi connectivity index (χ1) is 20.3. The number of fused-ring (bicyclic) bond motifs is 3. The lowest BCUT2D eigenvalue weighted by Gasteiger charge is -2.56. The number of benzene rings is 1. The highest BCUT2D eigenvalue weighted by atomic mass is 16.3. The molecule has 3 saturated carbocycles. The van der Waals surface area contributed by atoms with E-state index in [0.29, 0.717) is 23.0 Å². The molecule has 4 unspecified atom stereocenters. The number of Topliss-reactive ketones (excluding diaryl/α,β-unsaturated/α-hetero) is 3. The van der Waals surface area contributed by atoms with E-state index in [2.05, 4.69) is 13.8 Å². The molecule has 10 heteroatoms. The highest BCUT2D eigenvalue weighted by molar-refractivity contribution is 6.25. The van der Waals surface area contributed by atoms with Crippen LogP contribution in [0.3, 0.4) is 0 Å². The number of amides is 1. The molecule has 1 amide bonds. The van der Waals surface area contributed by atoms with Gasteiger partial charge in [-0.1, -0.05) is 51.7 Å². The van der Waals surface area contributed by atoms with E-state index >= 15 is 0 Å². The van der Waals surface area contributed by atoms with Gasteiger partial charge in [0, 0.05) is 17.9 Å². The molecule has 6 N–H and O–H groups in total. The summed E-state index contributed by atoms with van der Waals surface area (Å²) >= 11 is 0. The molecule has 43 heavy (non-hydrogen) atoms. The lowest BCUT2D eigenvalue weighted by Crippen LogP contribution is -2.78. The predicted molar refractivity (Wildman–Crippen MR) is 157 cm³/mol. The van der Waals surface area contributed by atoms with Gasteiger partial charge >= 0.3 is 0 Å². The number of ketones is 3. The van der Waals surface area contributed by atoms with Crippen molar-refractivity contribution >= 4 is 23.3 Å². The maximum absolute atomic E-state index is 14.2. The summed E-state index contributed by atoms with van der Waals surface area (Å²) < 4.78 is 0. The fourth-order valence-electron chi connectivity index (χ4n) is 8.88. The Kier molecular flexibility index (Phi) is 8.63. The molecule has 4 aliphatic rings. The van der Waals surface area contributed by atoms with E-state index in [1.807, 2.05) is 6.07 Å². The number of likely N-dealkylation sites (N-methyl/N-ethyl adjacent to an activating group) is 1. The molecule has 1 aromatic carbocycles. The normalized spacial score (nSPS) is 38.3. The maximum atomic E-state index is 14.2. The quantitative estimate of drug-likeness (QED) is 0.292. The number of nitrogens with zero attached hydrogens (tertiary/aromatic N) is 1. The number of hydrogen-bond acceptors (Lipinski definition) is 9. The van der Waals surface area contributed by atoms with E-state index in [0.717, 1.165) is 44.9 Å². The van der Waals surface area contributed by atoms with Crippen molar-refractivity contribution < 1.29 is 39.6 Å². The summed E-state index contributed by atoms with van der Waals surface area (Å²) in [5.41, 5.74) is 3.70. The molecule has 0 radical (unpaired) electrons. The van der Waals surface area contributed by atoms with Crippen molar-refractivity contribution in [2.45, 2.75) is 95.0 Å². The summed E-state index contributed by atoms with van der Waals surface area (Å²) in [6.45, 7) is 4.37. The van der Waals surface area contributed by atoms with Crippen LogP contribution in [0.1, 0.15) is 86.2 Å². The van der Waals surface area contributed by atoms with E-state index in [4.69, 9.17) is 5.73 Å². The van der Waals surface area contributed by atoms with Gasteiger partial charge in [-0.05, 0) is 68.7 Å². The molecule has 0 saturated heterocycles. The average Bonchev–Trinajstić information content (AvgIpc) is 2.94. The Morgan fingerprint density at radius 2 is 1.72 bits per heavy atom. The van der Waals surface area contributed by atoms with Crippen LogP contribution in [0.25, 0.3) is 0 Å². The molecule has 9 atom stereocenters. The summed E-state index contributed by atoms with van der Waals surface area (Å²) in [5, 5.41) is 46.2. The topological polar surface area (TPSA) is 178 Å². The number of carbonyl (C=O) groups excluding carboxylic acids is 4. The van der Waals surface area contributed by atoms with E-state index in [1.165, 1.54) is 19.0 Å². The number of hydrogen-bond donors (Lipinski definition) is 5. The van der Waals surface area contributed by atoms with Crippen LogP contribution in [-0.2, 0) is 20.8 Å². The van der Waals surface area contributed by atoms with Crippen LogP contribution < -0.4 is 5.73 Å². The van der Waals surface area contributed by atoms with Gasteiger partial charge in [-0.2, -0.15) is 0 Å². The molecule has 0 spiro atoms. The van der Waals surface area contributed by atoms with Crippen molar-refractivity contribution in [2.75, 3.05) is 14.1 Å². The van der Waals surface area contributed by atoms with Crippen molar-refractivity contribution in [1.29, 1.82) is 0 Å². The molecule has 0 aromatic heterocycles. The van der Waals surface area contributed by atoms with E-state index < -0.39 is 70.8 Å². The third-order valence-corrected chi connectivity index (χ3v) is 11.2. The predicted octanol–water partition coefficient (Wildman–Crippen LogP) is 1.73. The molecular formula is C33H46N2O8. The van der Waals surface area contributed by atoms with Crippen molar-refractivity contribution in [3.05, 3.63) is 28.8 Å². The third kappa shape index (κ3) is 4.85. The van der Waals surface area contributed by atoms with Crippen molar-refractivity contribution in [1.82, 2.24) is 4.90 Å². The van der Waals surface area contributed by atoms with Gasteiger partial charge in [0.25, 0.3) is 0 Å². The molecule has 4 aliphatic carbocycles. The van der Waals surface area contributed by atoms with E-state index in [9.17, 15) is 39.6 Å². The van der Waals surface area contributed by atoms with Crippen LogP contribution in [0.2, 0.25) is 0 Å². The second kappa shape index (κ2) is 11.7. The standard InChI is InChI=1S/C33H46N2O8/c1-5-6-7-18(16-10-8-15(2)9-11-16)19-13-12-17-14-20-22(28(38)21(17)26(19)36)30(40)33(43)24(27(20)37)25(35(3)4)29(39)23(31(33)41)32(34)42/h12-13,15-16,18,20,22-25,27,29,36-37,39,43H,5-11,14H2,1-4H3,(H2,34,42)/t15?,16?,18?,20-,22?,23?,24-,25+,27+,29?,33+/m0/s1. The zero-order chi connectivity index (χ0) is 31.5. The SMILES string of the molecule is CCCCC(c1ccc2c(c1O)C(=O)C1C(=O)[C@@]3(O)C(=O)C(C(N)=O)C(O)[C@H](N(C)C)[C@H]3[C@H](O)[C@H]1C2)C1CCC(C)CC1. The Hall–Kier alpha value is -2.66. The Morgan fingerprint density at radius 1 is 1.07 bits per heavy atom. The largest absolute Gasteiger partial charge is 0.507 e. The van der Waals surface area contributed by atoms with E-state index in [-0.39, 0.29) is 23.7 Å². The summed E-state index contributed by atoms with van der Waals surface area (Å²) in [5.74, 6) is -9.48. The summed E-state index contributed by atoms with van der Waals surface area (Å²) in [4.78, 5) is 55.6. The van der Waals surface area contributed by atoms with Crippen LogP contribution in [0.5, 0.6) is 5.75 Å². The van der Waals surface area contributed by atoms with Gasteiger partial charge < -0.3 is 31.1 Å². The molecule has 0 bridgehead atoms. The number of aromatic hydroxyl groups is 1. The Morgan fingerprint density at radius 3 is 2.30 bits per heavy atom. The molecule has 236 valence electrons. The second-order valence-corrected chi connectivity index (χ2v) is 13.9. The molecular weight excluding hydrogens is 552 g/mol. The lowest BCUT2D eigenvalue weighted by molar-refractivity contribution is -0.207. The number of rotatable bonds is 7. The summed E-state index contributed by atoms with van der Waals surface area (Å²) in [6.07, 6.45) is 3.93. The van der Waals surface area contributed by atoms with Crippen LogP contribution in [0.15, 0.2) is 12.1 Å². The number of phenols is 1. The molecule has 0 heterocycles. The number of aliphatic hydroxyl groups is 3. The zero-order valence-corrected chi connectivity index (χ0v) is 25.5. The molecule has 3 fully saturated rings. The number of phenolic OH excluding ortho intramolecular Hbond substituents is 1. The number of carbonyl (C=O) groups is 4. The van der Waals surface area contributed by atoms with E-state index in [1.54, 1.807) is 6.07 Å². The average molecular weight is 599 g/mol. The molecule has 10 nitrogen and oxygen atoms in total. The molecule has 5 rings (SSSR count). The fraction of sp³-hybridized carbons (Fsp3) is 0.697. The number of primary amides is 1. The number of nitrogens with two attached hydrogens (primary N) is 1. The molecule has 0 aliphatic heterocycles. The minimum atomic E-state index is -2.92. The van der Waals surface area contributed by atoms with Crippen LogP contribution in [-0.4, -0.2) is 86.5 Å². The van der Waals surface area contributed by atoms with Crippen LogP contribution in [0.4, 0.5) is 0 Å². The number of unbranched alkanes of at least 4 members (excludes halogenated alkanes) is 1. The van der Waals surface area contributed by atoms with Crippen molar-refractivity contribution in [2.24, 2.45) is 41.2 Å². The first kappa shape index (κ1) is 31.8. The Labute approximate surface area is 252 Å². The van der Waals surface area contributed by atoms with Gasteiger partial charge in [-0.3, -0.25) is 19.2 Å².